The van der Waals surface area contributed by atoms with Crippen LogP contribution in [0.1, 0.15) is 33.5 Å². The summed E-state index contributed by atoms with van der Waals surface area (Å²) in [5.41, 5.74) is 1.46. The van der Waals surface area contributed by atoms with Gasteiger partial charge in [0.15, 0.2) is 0 Å². The van der Waals surface area contributed by atoms with E-state index in [1.165, 1.54) is 17.4 Å². The van der Waals surface area contributed by atoms with Crippen molar-refractivity contribution in [2.45, 2.75) is 25.7 Å². The third-order valence-electron chi connectivity index (χ3n) is 4.10. The van der Waals surface area contributed by atoms with Crippen LogP contribution in [0.4, 0.5) is 4.39 Å². The van der Waals surface area contributed by atoms with Crippen molar-refractivity contribution in [3.05, 3.63) is 81.6 Å². The maximum Gasteiger partial charge on any atom is 0.220 e. The molecule has 2 aromatic carbocycles. The van der Waals surface area contributed by atoms with Crippen LogP contribution >= 0.6 is 11.3 Å². The molecule has 26 heavy (non-hydrogen) atoms. The molecule has 0 saturated carbocycles. The predicted octanol–water partition coefficient (Wildman–Crippen LogP) is 3.87. The van der Waals surface area contributed by atoms with E-state index < -0.39 is 0 Å². The molecule has 0 aliphatic rings. The Balaban J connectivity index is 1.67. The molecule has 1 aromatic heterocycles. The van der Waals surface area contributed by atoms with Gasteiger partial charge in [0.2, 0.25) is 5.91 Å². The molecule has 134 valence electrons. The van der Waals surface area contributed by atoms with Crippen molar-refractivity contribution >= 4 is 17.2 Å². The van der Waals surface area contributed by atoms with Crippen LogP contribution in [0.15, 0.2) is 54.6 Å². The van der Waals surface area contributed by atoms with Gasteiger partial charge < -0.3 is 5.32 Å². The van der Waals surface area contributed by atoms with Gasteiger partial charge in [0.25, 0.3) is 0 Å². The molecule has 0 fully saturated rings. The van der Waals surface area contributed by atoms with Gasteiger partial charge in [-0.1, -0.05) is 48.5 Å². The number of amides is 1. The molecule has 0 bridgehead atoms. The van der Waals surface area contributed by atoms with Crippen LogP contribution < -0.4 is 5.32 Å². The summed E-state index contributed by atoms with van der Waals surface area (Å²) in [5, 5.41) is 12.7. The smallest absolute Gasteiger partial charge is 0.220 e. The maximum atomic E-state index is 14.3. The van der Waals surface area contributed by atoms with E-state index in [-0.39, 0.29) is 24.1 Å². The zero-order valence-corrected chi connectivity index (χ0v) is 15.3. The Bertz CT molecular complexity index is 866. The highest BCUT2D eigenvalue weighted by atomic mass is 32.1. The van der Waals surface area contributed by atoms with E-state index in [9.17, 15) is 9.18 Å². The van der Waals surface area contributed by atoms with Crippen molar-refractivity contribution < 1.29 is 9.18 Å². The van der Waals surface area contributed by atoms with Crippen molar-refractivity contribution in [1.29, 1.82) is 0 Å². The topological polar surface area (TPSA) is 54.9 Å². The van der Waals surface area contributed by atoms with E-state index in [0.29, 0.717) is 18.5 Å². The minimum Gasteiger partial charge on any atom is -0.356 e. The molecule has 0 aliphatic heterocycles. The van der Waals surface area contributed by atoms with E-state index in [0.717, 1.165) is 15.6 Å². The number of hydrogen-bond donors (Lipinski definition) is 1. The number of aromatic nitrogens is 2. The van der Waals surface area contributed by atoms with Crippen molar-refractivity contribution in [2.75, 3.05) is 6.54 Å². The molecule has 1 heterocycles. The predicted molar refractivity (Wildman–Crippen MR) is 101 cm³/mol. The molecule has 3 rings (SSSR count). The number of carbonyl (C=O) groups is 1. The second-order valence-electron chi connectivity index (χ2n) is 6.00. The summed E-state index contributed by atoms with van der Waals surface area (Å²) in [6.07, 6.45) is 0.840. The zero-order chi connectivity index (χ0) is 18.4. The second kappa shape index (κ2) is 8.67. The van der Waals surface area contributed by atoms with Gasteiger partial charge in [-0.3, -0.25) is 4.79 Å². The van der Waals surface area contributed by atoms with Crippen LogP contribution in [0.2, 0.25) is 0 Å². The SMILES string of the molecule is Cc1nnc(CCNC(=O)C[C@@H](c2ccccc2)c2ccccc2F)s1. The highest BCUT2D eigenvalue weighted by Gasteiger charge is 2.21. The molecule has 3 aromatic rings. The van der Waals surface area contributed by atoms with Gasteiger partial charge >= 0.3 is 0 Å². The zero-order valence-electron chi connectivity index (χ0n) is 14.5. The second-order valence-corrected chi connectivity index (χ2v) is 7.27. The first-order valence-electron chi connectivity index (χ1n) is 8.48. The molecule has 0 spiro atoms. The molecular weight excluding hydrogens is 349 g/mol. The average molecular weight is 369 g/mol. The third kappa shape index (κ3) is 4.73. The maximum absolute atomic E-state index is 14.3. The van der Waals surface area contributed by atoms with Crippen LogP contribution in [-0.4, -0.2) is 22.6 Å². The van der Waals surface area contributed by atoms with E-state index in [1.807, 2.05) is 37.3 Å². The molecule has 1 N–H and O–H groups in total. The summed E-state index contributed by atoms with van der Waals surface area (Å²) in [7, 11) is 0. The molecular formula is C20H20FN3OS. The van der Waals surface area contributed by atoms with Gasteiger partial charge in [-0.05, 0) is 24.1 Å². The van der Waals surface area contributed by atoms with Gasteiger partial charge in [0, 0.05) is 25.3 Å². The Labute approximate surface area is 156 Å². The first-order valence-corrected chi connectivity index (χ1v) is 9.30. The lowest BCUT2D eigenvalue weighted by Crippen LogP contribution is -2.27. The average Bonchev–Trinajstić information content (AvgIpc) is 3.06. The number of hydrogen-bond acceptors (Lipinski definition) is 4. The van der Waals surface area contributed by atoms with Crippen molar-refractivity contribution in [1.82, 2.24) is 15.5 Å². The van der Waals surface area contributed by atoms with E-state index in [2.05, 4.69) is 15.5 Å². The van der Waals surface area contributed by atoms with Crippen LogP contribution in [0.5, 0.6) is 0 Å². The number of nitrogens with one attached hydrogen (secondary N) is 1. The Morgan fingerprint density at radius 3 is 2.54 bits per heavy atom. The number of benzene rings is 2. The van der Waals surface area contributed by atoms with E-state index in [1.54, 1.807) is 18.2 Å². The highest BCUT2D eigenvalue weighted by Crippen LogP contribution is 2.29. The van der Waals surface area contributed by atoms with Crippen molar-refractivity contribution in [3.8, 4) is 0 Å². The van der Waals surface area contributed by atoms with Gasteiger partial charge in [-0.25, -0.2) is 4.39 Å². The quantitative estimate of drug-likeness (QED) is 0.688. The lowest BCUT2D eigenvalue weighted by atomic mass is 9.88. The minimum atomic E-state index is -0.318. The van der Waals surface area contributed by atoms with Crippen LogP contribution in [0.25, 0.3) is 0 Å². The van der Waals surface area contributed by atoms with E-state index in [4.69, 9.17) is 0 Å². The summed E-state index contributed by atoms with van der Waals surface area (Å²) >= 11 is 1.53. The first kappa shape index (κ1) is 18.2. The fourth-order valence-electron chi connectivity index (χ4n) is 2.86. The summed E-state index contributed by atoms with van der Waals surface area (Å²) < 4.78 is 14.3. The number of aryl methyl sites for hydroxylation is 1. The van der Waals surface area contributed by atoms with Crippen LogP contribution in [0.3, 0.4) is 0 Å². The molecule has 1 amide bonds. The van der Waals surface area contributed by atoms with Gasteiger partial charge in [-0.15, -0.1) is 21.5 Å². The van der Waals surface area contributed by atoms with Crippen LogP contribution in [0, 0.1) is 12.7 Å². The Hall–Kier alpha value is -2.60. The molecule has 0 radical (unpaired) electrons. The summed E-state index contributed by atoms with van der Waals surface area (Å²) in [6.45, 7) is 2.39. The lowest BCUT2D eigenvalue weighted by Gasteiger charge is -2.18. The number of halogens is 1. The normalized spacial score (nSPS) is 11.9. The molecule has 0 unspecified atom stereocenters. The first-order chi connectivity index (χ1) is 12.6. The Morgan fingerprint density at radius 2 is 1.85 bits per heavy atom. The number of carbonyl (C=O) groups excluding carboxylic acids is 1. The summed E-state index contributed by atoms with van der Waals surface area (Å²) in [5.74, 6) is -0.719. The largest absolute Gasteiger partial charge is 0.356 e. The van der Waals surface area contributed by atoms with Crippen LogP contribution in [-0.2, 0) is 11.2 Å². The highest BCUT2D eigenvalue weighted by molar-refractivity contribution is 7.11. The van der Waals surface area contributed by atoms with Gasteiger partial charge in [0.05, 0.1) is 0 Å². The fraction of sp³-hybridized carbons (Fsp3) is 0.250. The van der Waals surface area contributed by atoms with Gasteiger partial charge in [0.1, 0.15) is 15.8 Å². The fourth-order valence-corrected chi connectivity index (χ4v) is 3.56. The standard InChI is InChI=1S/C20H20FN3OS/c1-14-23-24-20(26-14)11-12-22-19(25)13-17(15-7-3-2-4-8-15)16-9-5-6-10-18(16)21/h2-10,17H,11-13H2,1H3,(H,22,25)/t17-/m0/s1. The molecule has 0 saturated heterocycles. The molecule has 6 heteroatoms. The molecule has 4 nitrogen and oxygen atoms in total. The number of nitrogens with zero attached hydrogens (tertiary/aromatic N) is 2. The molecule has 1 atom stereocenters. The number of rotatable bonds is 7. The Morgan fingerprint density at radius 1 is 1.12 bits per heavy atom. The summed E-state index contributed by atoms with van der Waals surface area (Å²) in [6, 6.07) is 16.2. The lowest BCUT2D eigenvalue weighted by molar-refractivity contribution is -0.121. The third-order valence-corrected chi connectivity index (χ3v) is 5.00. The molecule has 0 aliphatic carbocycles. The Kier molecular flexibility index (Phi) is 6.07. The van der Waals surface area contributed by atoms with Gasteiger partial charge in [-0.2, -0.15) is 0 Å². The van der Waals surface area contributed by atoms with E-state index >= 15 is 0 Å². The van der Waals surface area contributed by atoms with Crippen molar-refractivity contribution in [2.24, 2.45) is 0 Å². The monoisotopic (exact) mass is 369 g/mol. The minimum absolute atomic E-state index is 0.108. The van der Waals surface area contributed by atoms with Crippen molar-refractivity contribution in [3.63, 3.8) is 0 Å². The summed E-state index contributed by atoms with van der Waals surface area (Å²) in [4.78, 5) is 12.4.